The second kappa shape index (κ2) is 9.60. The number of sulfone groups is 1. The summed E-state index contributed by atoms with van der Waals surface area (Å²) in [7, 11) is -3.82. The molecule has 1 saturated heterocycles. The van der Waals surface area contributed by atoms with Crippen LogP contribution in [0.4, 0.5) is 5.69 Å². The van der Waals surface area contributed by atoms with Gasteiger partial charge in [0.2, 0.25) is 10.0 Å². The molecule has 0 aromatic heterocycles. The predicted molar refractivity (Wildman–Crippen MR) is 124 cm³/mol. The predicted octanol–water partition coefficient (Wildman–Crippen LogP) is 2.13. The number of anilines is 1. The molecule has 2 aromatic rings. The molecule has 0 spiro atoms. The van der Waals surface area contributed by atoms with E-state index in [1.807, 2.05) is 12.1 Å². The van der Waals surface area contributed by atoms with Gasteiger partial charge in [0.05, 0.1) is 15.5 Å². The molecule has 8 nitrogen and oxygen atoms in total. The van der Waals surface area contributed by atoms with Crippen LogP contribution in [0.3, 0.4) is 0 Å². The maximum Gasteiger partial charge on any atom is 0.251 e. The molecule has 1 heterocycles. The molecule has 0 unspecified atom stereocenters. The van der Waals surface area contributed by atoms with Crippen LogP contribution in [-0.4, -0.2) is 66.0 Å². The summed E-state index contributed by atoms with van der Waals surface area (Å²) < 4.78 is 49.4. The van der Waals surface area contributed by atoms with Gasteiger partial charge in [-0.15, -0.1) is 0 Å². The lowest BCUT2D eigenvalue weighted by molar-refractivity contribution is 0.0931. The van der Waals surface area contributed by atoms with Gasteiger partial charge in [0.25, 0.3) is 5.91 Å². The normalized spacial score (nSPS) is 15.7. The highest BCUT2D eigenvalue weighted by Gasteiger charge is 2.23. The van der Waals surface area contributed by atoms with E-state index in [9.17, 15) is 21.6 Å². The van der Waals surface area contributed by atoms with Gasteiger partial charge >= 0.3 is 0 Å². The molecular weight excluding hydrogens is 450 g/mol. The number of nitrogens with zero attached hydrogens (tertiary/aromatic N) is 2. The van der Waals surface area contributed by atoms with Crippen LogP contribution in [0.25, 0.3) is 0 Å². The Morgan fingerprint density at radius 3 is 1.97 bits per heavy atom. The minimum Gasteiger partial charge on any atom is -0.371 e. The Kier molecular flexibility index (Phi) is 7.26. The number of carbonyl (C=O) groups excluding carboxylic acids is 1. The molecule has 0 radical (unpaired) electrons. The summed E-state index contributed by atoms with van der Waals surface area (Å²) in [6, 6.07) is 12.9. The molecule has 2 aromatic carbocycles. The Balaban J connectivity index is 1.56. The highest BCUT2D eigenvalue weighted by atomic mass is 32.2. The largest absolute Gasteiger partial charge is 0.371 e. The number of nitrogens with one attached hydrogen (secondary N) is 1. The lowest BCUT2D eigenvalue weighted by atomic mass is 10.0. The minimum atomic E-state index is -3.53. The smallest absolute Gasteiger partial charge is 0.251 e. The van der Waals surface area contributed by atoms with E-state index in [-0.39, 0.29) is 22.6 Å². The molecule has 0 atom stereocenters. The molecule has 0 bridgehead atoms. The number of benzene rings is 2. The van der Waals surface area contributed by atoms with Crippen molar-refractivity contribution in [2.75, 3.05) is 37.8 Å². The van der Waals surface area contributed by atoms with E-state index in [0.29, 0.717) is 10.5 Å². The second-order valence-corrected chi connectivity index (χ2v) is 12.4. The van der Waals surface area contributed by atoms with Gasteiger partial charge in [0.15, 0.2) is 9.84 Å². The minimum absolute atomic E-state index is 0.0173. The number of hydrogen-bond acceptors (Lipinski definition) is 6. The quantitative estimate of drug-likeness (QED) is 0.653. The van der Waals surface area contributed by atoms with Crippen LogP contribution in [0, 0.1) is 0 Å². The lowest BCUT2D eigenvalue weighted by Crippen LogP contribution is -2.44. The van der Waals surface area contributed by atoms with E-state index >= 15 is 0 Å². The van der Waals surface area contributed by atoms with Crippen LogP contribution in [0.1, 0.15) is 30.1 Å². The van der Waals surface area contributed by atoms with Crippen LogP contribution in [0.5, 0.6) is 0 Å². The number of carbonyl (C=O) groups is 1. The SMILES string of the molecule is CCS(=O)(=O)c1ccc(N2CCC(NC(=O)c3ccc(S(=O)(=O)N(C)C)cc3)CC2)cc1. The maximum atomic E-state index is 12.6. The molecule has 1 fully saturated rings. The van der Waals surface area contributed by atoms with E-state index in [1.54, 1.807) is 19.1 Å². The molecular formula is C22H29N3O5S2. The van der Waals surface area contributed by atoms with E-state index in [1.165, 1.54) is 38.4 Å². The highest BCUT2D eigenvalue weighted by molar-refractivity contribution is 7.91. The summed E-state index contributed by atoms with van der Waals surface area (Å²) >= 11 is 0. The summed E-state index contributed by atoms with van der Waals surface area (Å²) in [6.45, 7) is 3.11. The molecule has 32 heavy (non-hydrogen) atoms. The zero-order valence-electron chi connectivity index (χ0n) is 18.5. The Hall–Kier alpha value is -2.43. The molecule has 1 aliphatic heterocycles. The van der Waals surface area contributed by atoms with E-state index in [0.717, 1.165) is 35.9 Å². The average molecular weight is 480 g/mol. The van der Waals surface area contributed by atoms with Crippen molar-refractivity contribution in [3.63, 3.8) is 0 Å². The summed E-state index contributed by atoms with van der Waals surface area (Å²) in [5, 5.41) is 3.02. The van der Waals surface area contributed by atoms with Gasteiger partial charge < -0.3 is 10.2 Å². The Labute approximate surface area is 190 Å². The van der Waals surface area contributed by atoms with Gasteiger partial charge in [-0.05, 0) is 61.4 Å². The fourth-order valence-corrected chi connectivity index (χ4v) is 5.36. The van der Waals surface area contributed by atoms with Crippen molar-refractivity contribution in [1.82, 2.24) is 9.62 Å². The summed E-state index contributed by atoms with van der Waals surface area (Å²) in [5.74, 6) is -0.155. The van der Waals surface area contributed by atoms with Crippen molar-refractivity contribution in [3.8, 4) is 0 Å². The number of amides is 1. The van der Waals surface area contributed by atoms with Crippen molar-refractivity contribution in [3.05, 3.63) is 54.1 Å². The first-order chi connectivity index (χ1) is 15.0. The first-order valence-corrected chi connectivity index (χ1v) is 13.5. The van der Waals surface area contributed by atoms with Gasteiger partial charge in [0.1, 0.15) is 0 Å². The Morgan fingerprint density at radius 2 is 1.47 bits per heavy atom. The molecule has 3 rings (SSSR count). The molecule has 1 aliphatic rings. The van der Waals surface area contributed by atoms with Crippen molar-refractivity contribution in [2.45, 2.75) is 35.6 Å². The number of sulfonamides is 1. The molecule has 10 heteroatoms. The monoisotopic (exact) mass is 479 g/mol. The maximum absolute atomic E-state index is 12.6. The van der Waals surface area contributed by atoms with Gasteiger partial charge in [-0.2, -0.15) is 0 Å². The van der Waals surface area contributed by atoms with Crippen LogP contribution in [0.15, 0.2) is 58.3 Å². The molecule has 0 saturated carbocycles. The molecule has 1 N–H and O–H groups in total. The number of rotatable bonds is 7. The third-order valence-electron chi connectivity index (χ3n) is 5.67. The highest BCUT2D eigenvalue weighted by Crippen LogP contribution is 2.23. The van der Waals surface area contributed by atoms with E-state index in [2.05, 4.69) is 10.2 Å². The first kappa shape index (κ1) is 24.2. The van der Waals surface area contributed by atoms with Crippen molar-refractivity contribution >= 4 is 31.5 Å². The third-order valence-corrected chi connectivity index (χ3v) is 9.25. The van der Waals surface area contributed by atoms with Crippen molar-refractivity contribution in [2.24, 2.45) is 0 Å². The van der Waals surface area contributed by atoms with E-state index in [4.69, 9.17) is 0 Å². The summed E-state index contributed by atoms with van der Waals surface area (Å²) in [6.07, 6.45) is 1.52. The van der Waals surface area contributed by atoms with Gasteiger partial charge in [-0.1, -0.05) is 6.92 Å². The van der Waals surface area contributed by atoms with Crippen LogP contribution in [-0.2, 0) is 19.9 Å². The molecule has 0 aliphatic carbocycles. The molecule has 174 valence electrons. The van der Waals surface area contributed by atoms with E-state index < -0.39 is 19.9 Å². The zero-order valence-corrected chi connectivity index (χ0v) is 20.1. The molecule has 1 amide bonds. The van der Waals surface area contributed by atoms with Crippen LogP contribution >= 0.6 is 0 Å². The number of piperidine rings is 1. The fourth-order valence-electron chi connectivity index (χ4n) is 3.57. The average Bonchev–Trinajstić information content (AvgIpc) is 2.79. The Morgan fingerprint density at radius 1 is 0.938 bits per heavy atom. The fraction of sp³-hybridized carbons (Fsp3) is 0.409. The van der Waals surface area contributed by atoms with Crippen molar-refractivity contribution in [1.29, 1.82) is 0 Å². The Bertz CT molecular complexity index is 1150. The lowest BCUT2D eigenvalue weighted by Gasteiger charge is -2.34. The van der Waals surface area contributed by atoms with Crippen LogP contribution in [0.2, 0.25) is 0 Å². The van der Waals surface area contributed by atoms with Gasteiger partial charge in [-0.25, -0.2) is 21.1 Å². The standard InChI is InChI=1S/C22H29N3O5S2/c1-4-31(27,28)20-11-7-19(8-12-20)25-15-13-18(14-16-25)23-22(26)17-5-9-21(10-6-17)32(29,30)24(2)3/h5-12,18H,4,13-16H2,1-3H3,(H,23,26). The van der Waals surface area contributed by atoms with Crippen molar-refractivity contribution < 1.29 is 21.6 Å². The summed E-state index contributed by atoms with van der Waals surface area (Å²) in [4.78, 5) is 15.2. The third kappa shape index (κ3) is 5.31. The summed E-state index contributed by atoms with van der Waals surface area (Å²) in [5.41, 5.74) is 1.38. The van der Waals surface area contributed by atoms with Gasteiger partial charge in [0, 0.05) is 44.5 Å². The topological polar surface area (TPSA) is 104 Å². The van der Waals surface area contributed by atoms with Gasteiger partial charge in [-0.3, -0.25) is 4.79 Å². The first-order valence-electron chi connectivity index (χ1n) is 10.5. The van der Waals surface area contributed by atoms with Crippen LogP contribution < -0.4 is 10.2 Å². The number of hydrogen-bond donors (Lipinski definition) is 1. The zero-order chi connectivity index (χ0) is 23.5. The second-order valence-electron chi connectivity index (χ2n) is 7.94.